The molecule has 1 aliphatic heterocycles. The van der Waals surface area contributed by atoms with Crippen molar-refractivity contribution in [1.29, 1.82) is 0 Å². The van der Waals surface area contributed by atoms with Gasteiger partial charge in [-0.25, -0.2) is 22.5 Å². The van der Waals surface area contributed by atoms with Gasteiger partial charge in [-0.1, -0.05) is 12.5 Å². The van der Waals surface area contributed by atoms with Gasteiger partial charge in [-0.05, 0) is 62.1 Å². The molecule has 0 radical (unpaired) electrons. The molecule has 182 valence electrons. The second-order valence-electron chi connectivity index (χ2n) is 8.07. The number of hydrogen-bond acceptors (Lipinski definition) is 7. The van der Waals surface area contributed by atoms with Crippen LogP contribution in [0.4, 0.5) is 9.52 Å². The molecule has 0 saturated carbocycles. The van der Waals surface area contributed by atoms with E-state index in [1.165, 1.54) is 18.1 Å². The van der Waals surface area contributed by atoms with Gasteiger partial charge in [-0.3, -0.25) is 0 Å². The molecule has 6 nitrogen and oxygen atoms in total. The molecule has 10 heteroatoms. The van der Waals surface area contributed by atoms with Gasteiger partial charge in [0.05, 0.1) is 12.8 Å². The van der Waals surface area contributed by atoms with Crippen LogP contribution in [0.2, 0.25) is 0 Å². The van der Waals surface area contributed by atoms with E-state index in [4.69, 9.17) is 9.72 Å². The Hall–Kier alpha value is -2.14. The van der Waals surface area contributed by atoms with Gasteiger partial charge in [0.1, 0.15) is 16.5 Å². The lowest BCUT2D eigenvalue weighted by atomic mass is 10.1. The number of sulfonamides is 1. The monoisotopic (exact) mass is 521 g/mol. The van der Waals surface area contributed by atoms with Crippen LogP contribution in [0, 0.1) is 12.7 Å². The number of fused-ring (bicyclic) bond motifs is 3. The van der Waals surface area contributed by atoms with E-state index in [2.05, 4.69) is 10.0 Å². The highest BCUT2D eigenvalue weighted by Crippen LogP contribution is 2.41. The Bertz CT molecular complexity index is 1260. The Morgan fingerprint density at radius 3 is 2.76 bits per heavy atom. The average Bonchev–Trinajstić information content (AvgIpc) is 3.14. The number of aryl methyl sites for hydroxylation is 2. The van der Waals surface area contributed by atoms with Crippen LogP contribution in [0.25, 0.3) is 11.3 Å². The van der Waals surface area contributed by atoms with Crippen LogP contribution >= 0.6 is 23.1 Å². The zero-order valence-corrected chi connectivity index (χ0v) is 21.6. The third-order valence-corrected chi connectivity index (χ3v) is 9.14. The molecule has 2 N–H and O–H groups in total. The molecule has 0 saturated heterocycles. The highest BCUT2D eigenvalue weighted by molar-refractivity contribution is 7.99. The quantitative estimate of drug-likeness (QED) is 0.344. The third-order valence-electron chi connectivity index (χ3n) is 5.51. The van der Waals surface area contributed by atoms with Gasteiger partial charge in [-0.15, -0.1) is 23.1 Å². The summed E-state index contributed by atoms with van der Waals surface area (Å²) in [6, 6.07) is 10.0. The standard InChI is InChI=1S/C24H28FN3O3S3/c1-16-6-8-19(31-2)22(14-16)34(29,30)27-12-5-3-4-11-26-24-28-23-18-15-17(25)7-9-20(18)32-13-10-21(23)33-24/h6-9,14-15,27H,3-5,10-13H2,1-2H3,(H,26,28). The van der Waals surface area contributed by atoms with Crippen LogP contribution < -0.4 is 14.8 Å². The lowest BCUT2D eigenvalue weighted by molar-refractivity contribution is 0.402. The van der Waals surface area contributed by atoms with Crippen molar-refractivity contribution in [3.63, 3.8) is 0 Å². The maximum atomic E-state index is 13.8. The molecule has 0 fully saturated rings. The van der Waals surface area contributed by atoms with Crippen LogP contribution in [0.5, 0.6) is 5.75 Å². The Labute approximate surface area is 208 Å². The van der Waals surface area contributed by atoms with Gasteiger partial charge in [0, 0.05) is 34.2 Å². The van der Waals surface area contributed by atoms with Crippen molar-refractivity contribution in [2.75, 3.05) is 31.3 Å². The van der Waals surface area contributed by atoms with Gasteiger partial charge in [-0.2, -0.15) is 0 Å². The normalized spacial score (nSPS) is 13.1. The fourth-order valence-corrected chi connectivity index (χ4v) is 7.23. The van der Waals surface area contributed by atoms with Crippen molar-refractivity contribution in [3.8, 4) is 17.0 Å². The molecule has 3 aromatic rings. The van der Waals surface area contributed by atoms with Crippen LogP contribution in [0.3, 0.4) is 0 Å². The highest BCUT2D eigenvalue weighted by atomic mass is 32.2. The number of nitrogens with zero attached hydrogens (tertiary/aromatic N) is 1. The summed E-state index contributed by atoms with van der Waals surface area (Å²) in [4.78, 5) is 7.16. The van der Waals surface area contributed by atoms with Crippen LogP contribution in [-0.2, 0) is 16.4 Å². The smallest absolute Gasteiger partial charge is 0.244 e. The summed E-state index contributed by atoms with van der Waals surface area (Å²) in [6.07, 6.45) is 3.41. The van der Waals surface area contributed by atoms with Gasteiger partial charge >= 0.3 is 0 Å². The molecule has 2 heterocycles. The summed E-state index contributed by atoms with van der Waals surface area (Å²) < 4.78 is 46.9. The van der Waals surface area contributed by atoms with Crippen molar-refractivity contribution in [2.24, 2.45) is 0 Å². The molecule has 0 unspecified atom stereocenters. The van der Waals surface area contributed by atoms with Crippen molar-refractivity contribution in [1.82, 2.24) is 9.71 Å². The van der Waals surface area contributed by atoms with E-state index in [9.17, 15) is 12.8 Å². The minimum absolute atomic E-state index is 0.167. The van der Waals surface area contributed by atoms with E-state index in [0.717, 1.165) is 64.8 Å². The summed E-state index contributed by atoms with van der Waals surface area (Å²) in [5.74, 6) is 1.05. The highest BCUT2D eigenvalue weighted by Gasteiger charge is 2.21. The number of rotatable bonds is 10. The third kappa shape index (κ3) is 5.91. The van der Waals surface area contributed by atoms with E-state index >= 15 is 0 Å². The number of benzene rings is 2. The van der Waals surface area contributed by atoms with Crippen molar-refractivity contribution in [3.05, 3.63) is 52.7 Å². The Morgan fingerprint density at radius 2 is 1.94 bits per heavy atom. The SMILES string of the molecule is COc1ccc(C)cc1S(=O)(=O)NCCCCCNc1nc2c(s1)CCSc1ccc(F)cc1-2. The summed E-state index contributed by atoms with van der Waals surface area (Å²) in [5.41, 5.74) is 2.62. The van der Waals surface area contributed by atoms with E-state index in [-0.39, 0.29) is 10.7 Å². The predicted octanol–water partition coefficient (Wildman–Crippen LogP) is 5.48. The van der Waals surface area contributed by atoms with Crippen molar-refractivity contribution < 1.29 is 17.5 Å². The van der Waals surface area contributed by atoms with Crippen molar-refractivity contribution in [2.45, 2.75) is 42.4 Å². The number of ether oxygens (including phenoxy) is 1. The zero-order valence-electron chi connectivity index (χ0n) is 19.2. The van der Waals surface area contributed by atoms with Gasteiger partial charge < -0.3 is 10.1 Å². The zero-order chi connectivity index (χ0) is 24.1. The molecule has 0 bridgehead atoms. The first-order chi connectivity index (χ1) is 16.4. The number of hydrogen-bond donors (Lipinski definition) is 2. The molecule has 34 heavy (non-hydrogen) atoms. The molecule has 0 amide bonds. The number of methoxy groups -OCH3 is 1. The number of nitrogens with one attached hydrogen (secondary N) is 2. The molecule has 0 spiro atoms. The van der Waals surface area contributed by atoms with Gasteiger partial charge in [0.15, 0.2) is 5.13 Å². The first kappa shape index (κ1) is 25.0. The van der Waals surface area contributed by atoms with E-state index in [1.807, 2.05) is 19.1 Å². The summed E-state index contributed by atoms with van der Waals surface area (Å²) in [7, 11) is -2.16. The molecule has 2 aromatic carbocycles. The Morgan fingerprint density at radius 1 is 1.12 bits per heavy atom. The molecule has 0 aliphatic carbocycles. The molecule has 1 aromatic heterocycles. The molecule has 0 atom stereocenters. The number of thiazole rings is 1. The first-order valence-electron chi connectivity index (χ1n) is 11.2. The molecule has 4 rings (SSSR count). The molecule has 1 aliphatic rings. The molecular weight excluding hydrogens is 493 g/mol. The maximum Gasteiger partial charge on any atom is 0.244 e. The predicted molar refractivity (Wildman–Crippen MR) is 137 cm³/mol. The number of anilines is 1. The summed E-state index contributed by atoms with van der Waals surface area (Å²) in [6.45, 7) is 2.96. The lowest BCUT2D eigenvalue weighted by Gasteiger charge is -2.11. The van der Waals surface area contributed by atoms with Crippen molar-refractivity contribution >= 4 is 38.3 Å². The lowest BCUT2D eigenvalue weighted by Crippen LogP contribution is -2.25. The number of aromatic nitrogens is 1. The summed E-state index contributed by atoms with van der Waals surface area (Å²) in [5, 5.41) is 4.22. The fraction of sp³-hybridized carbons (Fsp3) is 0.375. The largest absolute Gasteiger partial charge is 0.495 e. The molecular formula is C24H28FN3O3S3. The van der Waals surface area contributed by atoms with Gasteiger partial charge in [0.25, 0.3) is 0 Å². The second kappa shape index (κ2) is 11.1. The topological polar surface area (TPSA) is 80.3 Å². The van der Waals surface area contributed by atoms with Crippen LogP contribution in [-0.4, -0.2) is 39.4 Å². The fourth-order valence-electron chi connectivity index (χ4n) is 3.77. The van der Waals surface area contributed by atoms with Crippen LogP contribution in [0.15, 0.2) is 46.2 Å². The minimum atomic E-state index is -3.62. The minimum Gasteiger partial charge on any atom is -0.495 e. The summed E-state index contributed by atoms with van der Waals surface area (Å²) >= 11 is 3.37. The number of thioether (sulfide) groups is 1. The van der Waals surface area contributed by atoms with Crippen LogP contribution in [0.1, 0.15) is 29.7 Å². The van der Waals surface area contributed by atoms with E-state index in [1.54, 1.807) is 41.3 Å². The maximum absolute atomic E-state index is 13.8. The van der Waals surface area contributed by atoms with E-state index in [0.29, 0.717) is 12.3 Å². The Kier molecular flexibility index (Phi) is 8.13. The first-order valence-corrected chi connectivity index (χ1v) is 14.5. The van der Waals surface area contributed by atoms with Gasteiger partial charge in [0.2, 0.25) is 10.0 Å². The van der Waals surface area contributed by atoms with E-state index < -0.39 is 10.0 Å². The second-order valence-corrected chi connectivity index (χ2v) is 12.0. The Balaban J connectivity index is 1.24. The number of unbranched alkanes of at least 4 members (excludes halogenated alkanes) is 2. The average molecular weight is 522 g/mol. The number of halogens is 1.